The van der Waals surface area contributed by atoms with E-state index in [4.69, 9.17) is 4.74 Å². The quantitative estimate of drug-likeness (QED) is 0.803. The van der Waals surface area contributed by atoms with Crippen molar-refractivity contribution in [1.82, 2.24) is 5.32 Å². The van der Waals surface area contributed by atoms with Gasteiger partial charge in [0.05, 0.1) is 24.1 Å². The Bertz CT molecular complexity index is 803. The minimum absolute atomic E-state index is 0.0634. The van der Waals surface area contributed by atoms with E-state index in [1.807, 2.05) is 56.3 Å². The first kappa shape index (κ1) is 18.0. The highest BCUT2D eigenvalue weighted by molar-refractivity contribution is 6.00. The Morgan fingerprint density at radius 2 is 1.73 bits per heavy atom. The van der Waals surface area contributed by atoms with E-state index in [-0.39, 0.29) is 23.7 Å². The molecule has 5 heteroatoms. The van der Waals surface area contributed by atoms with E-state index in [2.05, 4.69) is 10.6 Å². The summed E-state index contributed by atoms with van der Waals surface area (Å²) < 4.78 is 5.52. The van der Waals surface area contributed by atoms with Crippen LogP contribution in [0.4, 0.5) is 5.69 Å². The number of ether oxygens (including phenoxy) is 1. The monoisotopic (exact) mass is 352 g/mol. The third kappa shape index (κ3) is 4.23. The van der Waals surface area contributed by atoms with Gasteiger partial charge in [-0.3, -0.25) is 9.59 Å². The van der Waals surface area contributed by atoms with Gasteiger partial charge in [0, 0.05) is 6.54 Å². The zero-order valence-electron chi connectivity index (χ0n) is 15.1. The number of hydrogen-bond donors (Lipinski definition) is 2. The molecule has 1 fully saturated rings. The smallest absolute Gasteiger partial charge is 0.228 e. The number of amides is 2. The van der Waals surface area contributed by atoms with E-state index < -0.39 is 0 Å². The van der Waals surface area contributed by atoms with Crippen molar-refractivity contribution in [3.05, 3.63) is 59.7 Å². The Morgan fingerprint density at radius 1 is 1.04 bits per heavy atom. The minimum Gasteiger partial charge on any atom is -0.492 e. The van der Waals surface area contributed by atoms with Crippen LogP contribution in [0.3, 0.4) is 0 Å². The molecule has 26 heavy (non-hydrogen) atoms. The number of aryl methyl sites for hydroxylation is 1. The molecule has 2 aromatic carbocycles. The van der Waals surface area contributed by atoms with E-state index in [9.17, 15) is 9.59 Å². The van der Waals surface area contributed by atoms with Crippen LogP contribution >= 0.6 is 0 Å². The highest BCUT2D eigenvalue weighted by Crippen LogP contribution is 2.40. The first-order valence-corrected chi connectivity index (χ1v) is 8.95. The normalized spacial score (nSPS) is 18.1. The number of rotatable bonds is 7. The maximum atomic E-state index is 12.4. The van der Waals surface area contributed by atoms with Crippen molar-refractivity contribution in [3.63, 3.8) is 0 Å². The fourth-order valence-electron chi connectivity index (χ4n) is 2.97. The maximum absolute atomic E-state index is 12.4. The second kappa shape index (κ2) is 8.04. The third-order valence-electron chi connectivity index (χ3n) is 4.62. The Balaban J connectivity index is 1.52. The highest BCUT2D eigenvalue weighted by atomic mass is 16.5. The molecule has 2 N–H and O–H groups in total. The first-order valence-electron chi connectivity index (χ1n) is 8.95. The lowest BCUT2D eigenvalue weighted by molar-refractivity contribution is -0.125. The fraction of sp³-hybridized carbons (Fsp3) is 0.333. The lowest BCUT2D eigenvalue weighted by Gasteiger charge is -2.11. The van der Waals surface area contributed by atoms with Gasteiger partial charge in [0.25, 0.3) is 0 Å². The molecule has 2 atom stereocenters. The number of nitrogens with one attached hydrogen (secondary N) is 2. The van der Waals surface area contributed by atoms with Crippen molar-refractivity contribution in [2.24, 2.45) is 11.8 Å². The molecule has 1 aliphatic carbocycles. The summed E-state index contributed by atoms with van der Waals surface area (Å²) in [5.41, 5.74) is 2.88. The molecule has 0 heterocycles. The van der Waals surface area contributed by atoms with Gasteiger partial charge >= 0.3 is 0 Å². The SMILES string of the molecule is CCOc1ccccc1NC(=O)C1CC1C(=O)NCc1ccccc1C. The molecule has 2 unspecified atom stereocenters. The fourth-order valence-corrected chi connectivity index (χ4v) is 2.97. The Labute approximate surface area is 153 Å². The van der Waals surface area contributed by atoms with Crippen LogP contribution in [0.1, 0.15) is 24.5 Å². The molecule has 2 aromatic rings. The van der Waals surface area contributed by atoms with Crippen molar-refractivity contribution in [3.8, 4) is 5.75 Å². The van der Waals surface area contributed by atoms with E-state index in [0.29, 0.717) is 31.0 Å². The lowest BCUT2D eigenvalue weighted by Crippen LogP contribution is -2.27. The molecule has 136 valence electrons. The largest absolute Gasteiger partial charge is 0.492 e. The third-order valence-corrected chi connectivity index (χ3v) is 4.62. The Morgan fingerprint density at radius 3 is 2.50 bits per heavy atom. The molecule has 0 saturated heterocycles. The number of carbonyl (C=O) groups is 2. The molecule has 0 aliphatic heterocycles. The van der Waals surface area contributed by atoms with Gasteiger partial charge in [-0.15, -0.1) is 0 Å². The topological polar surface area (TPSA) is 67.4 Å². The van der Waals surface area contributed by atoms with Crippen LogP contribution in [-0.4, -0.2) is 18.4 Å². The van der Waals surface area contributed by atoms with Crippen LogP contribution in [0.2, 0.25) is 0 Å². The molecular formula is C21H24N2O3. The van der Waals surface area contributed by atoms with Crippen LogP contribution < -0.4 is 15.4 Å². The van der Waals surface area contributed by atoms with Crippen LogP contribution in [-0.2, 0) is 16.1 Å². The predicted octanol–water partition coefficient (Wildman–Crippen LogP) is 3.28. The number of para-hydroxylation sites is 2. The second-order valence-electron chi connectivity index (χ2n) is 6.51. The van der Waals surface area contributed by atoms with Crippen molar-refractivity contribution >= 4 is 17.5 Å². The molecule has 2 amide bonds. The van der Waals surface area contributed by atoms with E-state index in [0.717, 1.165) is 11.1 Å². The number of benzene rings is 2. The molecule has 5 nitrogen and oxygen atoms in total. The van der Waals surface area contributed by atoms with Gasteiger partial charge < -0.3 is 15.4 Å². The Hall–Kier alpha value is -2.82. The van der Waals surface area contributed by atoms with Gasteiger partial charge in [0.15, 0.2) is 0 Å². The summed E-state index contributed by atoms with van der Waals surface area (Å²) in [7, 11) is 0. The van der Waals surface area contributed by atoms with Gasteiger partial charge in [-0.25, -0.2) is 0 Å². The number of carbonyl (C=O) groups excluding carboxylic acids is 2. The van der Waals surface area contributed by atoms with Gasteiger partial charge in [-0.05, 0) is 43.5 Å². The highest BCUT2D eigenvalue weighted by Gasteiger charge is 2.48. The summed E-state index contributed by atoms with van der Waals surface area (Å²) in [4.78, 5) is 24.7. The summed E-state index contributed by atoms with van der Waals surface area (Å²) in [5.74, 6) is -0.0796. The first-order chi connectivity index (χ1) is 12.6. The van der Waals surface area contributed by atoms with Gasteiger partial charge in [-0.2, -0.15) is 0 Å². The van der Waals surface area contributed by atoms with Crippen LogP contribution in [0.15, 0.2) is 48.5 Å². The minimum atomic E-state index is -0.276. The zero-order valence-corrected chi connectivity index (χ0v) is 15.1. The molecule has 0 spiro atoms. The van der Waals surface area contributed by atoms with Crippen LogP contribution in [0.25, 0.3) is 0 Å². The molecule has 1 aliphatic rings. The molecule has 0 aromatic heterocycles. The van der Waals surface area contributed by atoms with Crippen LogP contribution in [0, 0.1) is 18.8 Å². The molecule has 0 bridgehead atoms. The number of hydrogen-bond acceptors (Lipinski definition) is 3. The van der Waals surface area contributed by atoms with E-state index >= 15 is 0 Å². The second-order valence-corrected chi connectivity index (χ2v) is 6.51. The van der Waals surface area contributed by atoms with E-state index in [1.54, 1.807) is 6.07 Å². The van der Waals surface area contributed by atoms with Crippen molar-refractivity contribution in [2.45, 2.75) is 26.8 Å². The summed E-state index contributed by atoms with van der Waals surface area (Å²) in [6, 6.07) is 15.3. The van der Waals surface area contributed by atoms with Gasteiger partial charge in [0.1, 0.15) is 5.75 Å². The lowest BCUT2D eigenvalue weighted by atomic mass is 10.1. The molecular weight excluding hydrogens is 328 g/mol. The average molecular weight is 352 g/mol. The van der Waals surface area contributed by atoms with Crippen molar-refractivity contribution < 1.29 is 14.3 Å². The maximum Gasteiger partial charge on any atom is 0.228 e. The van der Waals surface area contributed by atoms with Crippen molar-refractivity contribution in [2.75, 3.05) is 11.9 Å². The zero-order chi connectivity index (χ0) is 18.5. The summed E-state index contributed by atoms with van der Waals surface area (Å²) in [6.45, 7) is 4.93. The number of anilines is 1. The summed E-state index contributed by atoms with van der Waals surface area (Å²) >= 11 is 0. The standard InChI is InChI=1S/C21H24N2O3/c1-3-26-19-11-7-6-10-18(19)23-21(25)17-12-16(17)20(24)22-13-15-9-5-4-8-14(15)2/h4-11,16-17H,3,12-13H2,1-2H3,(H,22,24)(H,23,25). The molecule has 1 saturated carbocycles. The predicted molar refractivity (Wildman–Crippen MR) is 101 cm³/mol. The average Bonchev–Trinajstić information content (AvgIpc) is 3.44. The van der Waals surface area contributed by atoms with E-state index in [1.165, 1.54) is 0 Å². The Kier molecular flexibility index (Phi) is 5.56. The van der Waals surface area contributed by atoms with Crippen molar-refractivity contribution in [1.29, 1.82) is 0 Å². The van der Waals surface area contributed by atoms with Gasteiger partial charge in [0.2, 0.25) is 11.8 Å². The van der Waals surface area contributed by atoms with Gasteiger partial charge in [-0.1, -0.05) is 36.4 Å². The molecule has 0 radical (unpaired) electrons. The summed E-state index contributed by atoms with van der Waals surface area (Å²) in [6.07, 6.45) is 0.586. The summed E-state index contributed by atoms with van der Waals surface area (Å²) in [5, 5.41) is 5.82. The van der Waals surface area contributed by atoms with Crippen LogP contribution in [0.5, 0.6) is 5.75 Å². The molecule has 3 rings (SSSR count).